The average molecular weight is 500 g/mol. The highest BCUT2D eigenvalue weighted by atomic mass is 16.5. The third kappa shape index (κ3) is 6.97. The molecule has 0 spiro atoms. The molecule has 1 fully saturated rings. The van der Waals surface area contributed by atoms with Crippen LogP contribution >= 0.6 is 0 Å². The molecule has 1 atom stereocenters. The predicted octanol–water partition coefficient (Wildman–Crippen LogP) is 4.55. The maximum atomic E-state index is 12.7. The first-order valence-electron chi connectivity index (χ1n) is 12.6. The molecular weight excluding hydrogens is 466 g/mol. The van der Waals surface area contributed by atoms with Gasteiger partial charge < -0.3 is 20.3 Å². The molecule has 37 heavy (non-hydrogen) atoms. The lowest BCUT2D eigenvalue weighted by molar-refractivity contribution is -0.126. The lowest BCUT2D eigenvalue weighted by atomic mass is 10.1. The van der Waals surface area contributed by atoms with Crippen molar-refractivity contribution >= 4 is 29.1 Å². The van der Waals surface area contributed by atoms with Crippen molar-refractivity contribution in [2.24, 2.45) is 5.92 Å². The zero-order valence-corrected chi connectivity index (χ0v) is 21.5. The van der Waals surface area contributed by atoms with E-state index in [1.165, 1.54) is 5.56 Å². The summed E-state index contributed by atoms with van der Waals surface area (Å²) >= 11 is 0. The van der Waals surface area contributed by atoms with Crippen molar-refractivity contribution in [1.29, 1.82) is 0 Å². The summed E-state index contributed by atoms with van der Waals surface area (Å²) in [4.78, 5) is 39.2. The minimum absolute atomic E-state index is 0.0889. The van der Waals surface area contributed by atoms with Crippen LogP contribution in [-0.2, 0) is 27.3 Å². The fourth-order valence-electron chi connectivity index (χ4n) is 4.47. The van der Waals surface area contributed by atoms with Gasteiger partial charge in [-0.3, -0.25) is 14.4 Å². The number of carbonyl (C=O) groups excluding carboxylic acids is 3. The standard InChI is InChI=1S/C30H33N3O4/c1-4-22-5-7-23(8-6-22)17-31-30(36)24-16-29(35)33(18-24)26-9-11-27(12-10-26)37-19-28(34)32-25-14-20(2)13-21(3)15-25/h5-15,24H,4,16-19H2,1-3H3,(H,31,36)(H,32,34)/t24-/m0/s1. The Hall–Kier alpha value is -4.13. The molecule has 4 rings (SSSR count). The topological polar surface area (TPSA) is 87.7 Å². The molecule has 0 radical (unpaired) electrons. The molecule has 0 saturated carbocycles. The number of nitrogens with one attached hydrogen (secondary N) is 2. The molecule has 0 aliphatic carbocycles. The van der Waals surface area contributed by atoms with Gasteiger partial charge in [0.05, 0.1) is 5.92 Å². The third-order valence-corrected chi connectivity index (χ3v) is 6.42. The minimum atomic E-state index is -0.396. The van der Waals surface area contributed by atoms with Crippen LogP contribution in [0.1, 0.15) is 35.6 Å². The Morgan fingerprint density at radius 1 is 0.946 bits per heavy atom. The van der Waals surface area contributed by atoms with E-state index in [1.807, 2.05) is 44.2 Å². The van der Waals surface area contributed by atoms with Gasteiger partial charge in [0.2, 0.25) is 11.8 Å². The Labute approximate surface area is 217 Å². The van der Waals surface area contributed by atoms with Crippen LogP contribution in [0.2, 0.25) is 0 Å². The first-order chi connectivity index (χ1) is 17.8. The van der Waals surface area contributed by atoms with Crippen molar-refractivity contribution in [1.82, 2.24) is 5.32 Å². The first-order valence-corrected chi connectivity index (χ1v) is 12.6. The molecule has 7 nitrogen and oxygen atoms in total. The molecule has 1 heterocycles. The van der Waals surface area contributed by atoms with Crippen molar-refractivity contribution in [2.45, 2.75) is 40.2 Å². The minimum Gasteiger partial charge on any atom is -0.484 e. The molecule has 7 heteroatoms. The summed E-state index contributed by atoms with van der Waals surface area (Å²) in [6, 6.07) is 21.0. The molecule has 0 unspecified atom stereocenters. The Balaban J connectivity index is 1.26. The highest BCUT2D eigenvalue weighted by Crippen LogP contribution is 2.27. The summed E-state index contributed by atoms with van der Waals surface area (Å²) < 4.78 is 5.61. The van der Waals surface area contributed by atoms with E-state index in [4.69, 9.17) is 4.74 Å². The Kier molecular flexibility index (Phi) is 8.23. The van der Waals surface area contributed by atoms with Crippen molar-refractivity contribution < 1.29 is 19.1 Å². The molecule has 3 aromatic carbocycles. The fourth-order valence-corrected chi connectivity index (χ4v) is 4.47. The van der Waals surface area contributed by atoms with Crippen LogP contribution in [0, 0.1) is 19.8 Å². The average Bonchev–Trinajstić information content (AvgIpc) is 3.27. The molecule has 1 aliphatic rings. The quantitative estimate of drug-likeness (QED) is 0.452. The molecule has 1 aliphatic heterocycles. The van der Waals surface area contributed by atoms with Gasteiger partial charge in [-0.15, -0.1) is 0 Å². The monoisotopic (exact) mass is 499 g/mol. The third-order valence-electron chi connectivity index (χ3n) is 6.42. The van der Waals surface area contributed by atoms with Crippen LogP contribution in [-0.4, -0.2) is 30.9 Å². The summed E-state index contributed by atoms with van der Waals surface area (Å²) in [6.07, 6.45) is 1.15. The second kappa shape index (κ2) is 11.7. The van der Waals surface area contributed by atoms with Gasteiger partial charge in [0.15, 0.2) is 6.61 Å². The van der Waals surface area contributed by atoms with Crippen LogP contribution in [0.15, 0.2) is 66.7 Å². The first kappa shape index (κ1) is 25.9. The maximum Gasteiger partial charge on any atom is 0.262 e. The number of hydrogen-bond acceptors (Lipinski definition) is 4. The summed E-state index contributed by atoms with van der Waals surface area (Å²) in [7, 11) is 0. The van der Waals surface area contributed by atoms with Crippen LogP contribution < -0.4 is 20.3 Å². The number of amides is 3. The largest absolute Gasteiger partial charge is 0.484 e. The maximum absolute atomic E-state index is 12.7. The summed E-state index contributed by atoms with van der Waals surface area (Å²) in [5.41, 5.74) is 5.87. The molecule has 1 saturated heterocycles. The lowest BCUT2D eigenvalue weighted by Gasteiger charge is -2.17. The van der Waals surface area contributed by atoms with Crippen LogP contribution in [0.3, 0.4) is 0 Å². The van der Waals surface area contributed by atoms with E-state index in [2.05, 4.69) is 29.7 Å². The number of carbonyl (C=O) groups is 3. The van der Waals surface area contributed by atoms with E-state index >= 15 is 0 Å². The smallest absolute Gasteiger partial charge is 0.262 e. The van der Waals surface area contributed by atoms with Crippen molar-refractivity contribution in [3.8, 4) is 5.75 Å². The van der Waals surface area contributed by atoms with Crippen molar-refractivity contribution in [3.63, 3.8) is 0 Å². The molecule has 3 amide bonds. The molecule has 0 bridgehead atoms. The predicted molar refractivity (Wildman–Crippen MR) is 145 cm³/mol. The number of benzene rings is 3. The van der Waals surface area contributed by atoms with Gasteiger partial charge in [-0.05, 0) is 78.9 Å². The van der Waals surface area contributed by atoms with Crippen LogP contribution in [0.25, 0.3) is 0 Å². The number of nitrogens with zero attached hydrogens (tertiary/aromatic N) is 1. The number of aryl methyl sites for hydroxylation is 3. The van der Waals surface area contributed by atoms with Gasteiger partial charge in [0, 0.05) is 30.9 Å². The van der Waals surface area contributed by atoms with Gasteiger partial charge in [-0.25, -0.2) is 0 Å². The lowest BCUT2D eigenvalue weighted by Crippen LogP contribution is -2.32. The van der Waals surface area contributed by atoms with Gasteiger partial charge in [-0.1, -0.05) is 37.3 Å². The number of hydrogen-bond donors (Lipinski definition) is 2. The van der Waals surface area contributed by atoms with Gasteiger partial charge in [-0.2, -0.15) is 0 Å². The molecule has 3 aromatic rings. The highest BCUT2D eigenvalue weighted by molar-refractivity contribution is 6.00. The summed E-state index contributed by atoms with van der Waals surface area (Å²) in [5.74, 6) is -0.334. The van der Waals surface area contributed by atoms with E-state index in [9.17, 15) is 14.4 Å². The van der Waals surface area contributed by atoms with E-state index in [1.54, 1.807) is 29.2 Å². The van der Waals surface area contributed by atoms with Gasteiger partial charge in [0.1, 0.15) is 5.75 Å². The molecular formula is C30H33N3O4. The number of anilines is 2. The molecule has 2 N–H and O–H groups in total. The molecule has 192 valence electrons. The molecule has 0 aromatic heterocycles. The van der Waals surface area contributed by atoms with Crippen LogP contribution in [0.4, 0.5) is 11.4 Å². The van der Waals surface area contributed by atoms with E-state index in [-0.39, 0.29) is 30.7 Å². The van der Waals surface area contributed by atoms with Crippen molar-refractivity contribution in [3.05, 3.63) is 89.0 Å². The second-order valence-electron chi connectivity index (χ2n) is 9.50. The van der Waals surface area contributed by atoms with E-state index in [0.29, 0.717) is 24.5 Å². The zero-order valence-electron chi connectivity index (χ0n) is 21.5. The van der Waals surface area contributed by atoms with E-state index < -0.39 is 5.92 Å². The SMILES string of the molecule is CCc1ccc(CNC(=O)[C@H]2CC(=O)N(c3ccc(OCC(=O)Nc4cc(C)cc(C)c4)cc3)C2)cc1. The Morgan fingerprint density at radius 2 is 1.59 bits per heavy atom. The normalized spacial score (nSPS) is 14.9. The van der Waals surface area contributed by atoms with Gasteiger partial charge >= 0.3 is 0 Å². The Bertz CT molecular complexity index is 1250. The number of ether oxygens (including phenoxy) is 1. The Morgan fingerprint density at radius 3 is 2.24 bits per heavy atom. The zero-order chi connectivity index (χ0) is 26.4. The van der Waals surface area contributed by atoms with Crippen LogP contribution in [0.5, 0.6) is 5.75 Å². The van der Waals surface area contributed by atoms with Crippen molar-refractivity contribution in [2.75, 3.05) is 23.4 Å². The second-order valence-corrected chi connectivity index (χ2v) is 9.50. The van der Waals surface area contributed by atoms with E-state index in [0.717, 1.165) is 28.8 Å². The summed E-state index contributed by atoms with van der Waals surface area (Å²) in [5, 5.41) is 5.80. The number of rotatable bonds is 9. The summed E-state index contributed by atoms with van der Waals surface area (Å²) in [6.45, 7) is 6.71. The van der Waals surface area contributed by atoms with Gasteiger partial charge in [0.25, 0.3) is 5.91 Å². The fraction of sp³-hybridized carbons (Fsp3) is 0.300. The highest BCUT2D eigenvalue weighted by Gasteiger charge is 2.35.